The number of aromatic carboxylic acids is 1. The monoisotopic (exact) mass is 250 g/mol. The highest BCUT2D eigenvalue weighted by Crippen LogP contribution is 2.20. The number of rotatable bonds is 6. The van der Waals surface area contributed by atoms with Crippen LogP contribution in [-0.4, -0.2) is 35.8 Å². The Balaban J connectivity index is 2.09. The highest BCUT2D eigenvalue weighted by Gasteiger charge is 2.09. The zero-order valence-corrected chi connectivity index (χ0v) is 9.97. The van der Waals surface area contributed by atoms with Crippen molar-refractivity contribution in [2.24, 2.45) is 0 Å². The summed E-state index contributed by atoms with van der Waals surface area (Å²) in [4.78, 5) is 15.0. The minimum atomic E-state index is -0.987. The first-order valence-electron chi connectivity index (χ1n) is 5.66. The number of carbonyl (C=O) groups is 1. The summed E-state index contributed by atoms with van der Waals surface area (Å²) in [7, 11) is 0. The molecule has 0 amide bonds. The number of aromatic nitrogens is 1. The lowest BCUT2D eigenvalue weighted by Gasteiger charge is -2.00. The van der Waals surface area contributed by atoms with Crippen molar-refractivity contribution in [2.75, 3.05) is 25.1 Å². The van der Waals surface area contributed by atoms with Gasteiger partial charge in [0.25, 0.3) is 6.01 Å². The van der Waals surface area contributed by atoms with Gasteiger partial charge in [-0.15, -0.1) is 0 Å². The van der Waals surface area contributed by atoms with Crippen molar-refractivity contribution in [2.45, 2.75) is 6.92 Å². The molecule has 0 aliphatic carbocycles. The van der Waals surface area contributed by atoms with Crippen LogP contribution in [0.15, 0.2) is 22.6 Å². The van der Waals surface area contributed by atoms with Gasteiger partial charge in [0.05, 0.1) is 12.2 Å². The van der Waals surface area contributed by atoms with Crippen LogP contribution in [0.25, 0.3) is 11.1 Å². The van der Waals surface area contributed by atoms with Gasteiger partial charge in [-0.1, -0.05) is 0 Å². The molecule has 2 rings (SSSR count). The number of carboxylic acids is 1. The lowest BCUT2D eigenvalue weighted by molar-refractivity contribution is 0.0697. The van der Waals surface area contributed by atoms with Crippen molar-refractivity contribution >= 4 is 23.1 Å². The number of nitrogens with zero attached hydrogens (tertiary/aromatic N) is 1. The zero-order chi connectivity index (χ0) is 13.0. The van der Waals surface area contributed by atoms with Gasteiger partial charge in [0.1, 0.15) is 5.52 Å². The number of nitrogens with one attached hydrogen (secondary N) is 1. The van der Waals surface area contributed by atoms with E-state index in [1.807, 2.05) is 6.92 Å². The number of benzene rings is 1. The fourth-order valence-corrected chi connectivity index (χ4v) is 1.51. The maximum atomic E-state index is 10.8. The molecule has 18 heavy (non-hydrogen) atoms. The fraction of sp³-hybridized carbons (Fsp3) is 0.333. The van der Waals surface area contributed by atoms with Crippen LogP contribution in [0.1, 0.15) is 17.3 Å². The standard InChI is InChI=1S/C12H14N2O4/c1-2-17-6-5-13-12-14-9-4-3-8(11(15)16)7-10(9)18-12/h3-4,7H,2,5-6H2,1H3,(H,13,14)(H,15,16). The summed E-state index contributed by atoms with van der Waals surface area (Å²) in [6, 6.07) is 4.94. The second-order valence-corrected chi connectivity index (χ2v) is 3.63. The topological polar surface area (TPSA) is 84.6 Å². The molecule has 1 aromatic heterocycles. The lowest BCUT2D eigenvalue weighted by Crippen LogP contribution is -2.09. The number of carboxylic acid groups (broad SMARTS) is 1. The van der Waals surface area contributed by atoms with Crippen LogP contribution < -0.4 is 5.32 Å². The first kappa shape index (κ1) is 12.4. The van der Waals surface area contributed by atoms with E-state index in [0.717, 1.165) is 0 Å². The van der Waals surface area contributed by atoms with Crippen LogP contribution in [0.5, 0.6) is 0 Å². The minimum absolute atomic E-state index is 0.180. The Morgan fingerprint density at radius 3 is 3.11 bits per heavy atom. The average Bonchev–Trinajstić information content (AvgIpc) is 2.76. The van der Waals surface area contributed by atoms with Crippen LogP contribution >= 0.6 is 0 Å². The Labute approximate surface area is 104 Å². The van der Waals surface area contributed by atoms with Gasteiger partial charge in [0, 0.05) is 13.2 Å². The van der Waals surface area contributed by atoms with Gasteiger partial charge in [-0.05, 0) is 25.1 Å². The van der Waals surface area contributed by atoms with Crippen LogP contribution in [0.2, 0.25) is 0 Å². The van der Waals surface area contributed by atoms with Gasteiger partial charge in [-0.3, -0.25) is 0 Å². The molecule has 0 aliphatic heterocycles. The summed E-state index contributed by atoms with van der Waals surface area (Å²) in [5, 5.41) is 11.8. The molecule has 0 bridgehead atoms. The number of hydrogen-bond acceptors (Lipinski definition) is 5. The van der Waals surface area contributed by atoms with Crippen molar-refractivity contribution in [1.82, 2.24) is 4.98 Å². The average molecular weight is 250 g/mol. The van der Waals surface area contributed by atoms with Crippen molar-refractivity contribution in [3.8, 4) is 0 Å². The van der Waals surface area contributed by atoms with Gasteiger partial charge in [-0.25, -0.2) is 4.79 Å². The Hall–Kier alpha value is -2.08. The first-order chi connectivity index (χ1) is 8.70. The van der Waals surface area contributed by atoms with E-state index in [1.165, 1.54) is 12.1 Å². The Morgan fingerprint density at radius 1 is 1.56 bits per heavy atom. The molecule has 2 N–H and O–H groups in total. The number of ether oxygens (including phenoxy) is 1. The molecule has 0 spiro atoms. The Morgan fingerprint density at radius 2 is 2.39 bits per heavy atom. The van der Waals surface area contributed by atoms with Gasteiger partial charge in [-0.2, -0.15) is 4.98 Å². The van der Waals surface area contributed by atoms with Gasteiger partial charge in [0.2, 0.25) is 0 Å². The summed E-state index contributed by atoms with van der Waals surface area (Å²) < 4.78 is 10.6. The fourth-order valence-electron chi connectivity index (χ4n) is 1.51. The molecular weight excluding hydrogens is 236 g/mol. The molecule has 0 unspecified atom stereocenters. The number of anilines is 1. The molecule has 1 aromatic carbocycles. The van der Waals surface area contributed by atoms with Gasteiger partial charge >= 0.3 is 5.97 Å². The molecule has 0 saturated carbocycles. The highest BCUT2D eigenvalue weighted by molar-refractivity contribution is 5.92. The van der Waals surface area contributed by atoms with Crippen LogP contribution in [0.4, 0.5) is 6.01 Å². The van der Waals surface area contributed by atoms with Crippen LogP contribution in [0, 0.1) is 0 Å². The van der Waals surface area contributed by atoms with Gasteiger partial charge in [0.15, 0.2) is 5.58 Å². The molecule has 1 heterocycles. The maximum Gasteiger partial charge on any atom is 0.335 e. The highest BCUT2D eigenvalue weighted by atomic mass is 16.5. The minimum Gasteiger partial charge on any atom is -0.478 e. The molecule has 2 aromatic rings. The summed E-state index contributed by atoms with van der Waals surface area (Å²) in [6.45, 7) is 3.74. The van der Waals surface area contributed by atoms with Crippen molar-refractivity contribution in [3.63, 3.8) is 0 Å². The molecule has 0 aliphatic rings. The molecule has 0 radical (unpaired) electrons. The predicted molar refractivity (Wildman–Crippen MR) is 66.0 cm³/mol. The lowest BCUT2D eigenvalue weighted by atomic mass is 10.2. The van der Waals surface area contributed by atoms with E-state index in [2.05, 4.69) is 10.3 Å². The quantitative estimate of drug-likeness (QED) is 0.762. The molecule has 6 nitrogen and oxygen atoms in total. The summed E-state index contributed by atoms with van der Waals surface area (Å²) in [5.41, 5.74) is 1.26. The van der Waals surface area contributed by atoms with E-state index in [9.17, 15) is 4.79 Å². The van der Waals surface area contributed by atoms with Crippen LogP contribution in [-0.2, 0) is 4.74 Å². The van der Waals surface area contributed by atoms with E-state index >= 15 is 0 Å². The van der Waals surface area contributed by atoms with Crippen LogP contribution in [0.3, 0.4) is 0 Å². The van der Waals surface area contributed by atoms with E-state index in [0.29, 0.717) is 36.9 Å². The third-order valence-electron chi connectivity index (χ3n) is 2.36. The van der Waals surface area contributed by atoms with E-state index < -0.39 is 5.97 Å². The van der Waals surface area contributed by atoms with E-state index in [4.69, 9.17) is 14.3 Å². The Bertz CT molecular complexity index is 550. The Kier molecular flexibility index (Phi) is 3.78. The largest absolute Gasteiger partial charge is 0.478 e. The normalized spacial score (nSPS) is 10.7. The molecule has 6 heteroatoms. The smallest absolute Gasteiger partial charge is 0.335 e. The third kappa shape index (κ3) is 2.78. The summed E-state index contributed by atoms with van der Waals surface area (Å²) in [5.74, 6) is -0.987. The SMILES string of the molecule is CCOCCNc1nc2ccc(C(=O)O)cc2o1. The molecule has 96 valence electrons. The number of oxazole rings is 1. The van der Waals surface area contributed by atoms with Crippen molar-refractivity contribution in [1.29, 1.82) is 0 Å². The summed E-state index contributed by atoms with van der Waals surface area (Å²) >= 11 is 0. The second kappa shape index (κ2) is 5.50. The van der Waals surface area contributed by atoms with Gasteiger partial charge < -0.3 is 19.6 Å². The molecular formula is C12H14N2O4. The first-order valence-corrected chi connectivity index (χ1v) is 5.66. The molecule has 0 fully saturated rings. The molecule has 0 saturated heterocycles. The summed E-state index contributed by atoms with van der Waals surface area (Å²) in [6.07, 6.45) is 0. The van der Waals surface area contributed by atoms with Crippen molar-refractivity contribution < 1.29 is 19.1 Å². The number of hydrogen-bond donors (Lipinski definition) is 2. The molecule has 0 atom stereocenters. The zero-order valence-electron chi connectivity index (χ0n) is 9.97. The van der Waals surface area contributed by atoms with Crippen molar-refractivity contribution in [3.05, 3.63) is 23.8 Å². The maximum absolute atomic E-state index is 10.8. The van der Waals surface area contributed by atoms with E-state index in [-0.39, 0.29) is 5.56 Å². The number of fused-ring (bicyclic) bond motifs is 1. The predicted octanol–water partition coefficient (Wildman–Crippen LogP) is 1.97. The second-order valence-electron chi connectivity index (χ2n) is 3.63. The third-order valence-corrected chi connectivity index (χ3v) is 2.36. The van der Waals surface area contributed by atoms with E-state index in [1.54, 1.807) is 6.07 Å².